The molecule has 0 fully saturated rings. The summed E-state index contributed by atoms with van der Waals surface area (Å²) >= 11 is 1.67. The molecule has 0 bridgehead atoms. The monoisotopic (exact) mass is 328 g/mol. The van der Waals surface area contributed by atoms with E-state index in [0.717, 1.165) is 21.9 Å². The molecular weight excluding hydrogens is 312 g/mol. The number of thioether (sulfide) groups is 1. The minimum Gasteiger partial charge on any atom is -0.480 e. The number of carboxylic acid groups (broad SMARTS) is 1. The van der Waals surface area contributed by atoms with Gasteiger partial charge in [-0.2, -0.15) is 5.10 Å². The molecule has 1 aromatic carbocycles. The molecule has 2 aromatic heterocycles. The molecule has 118 valence electrons. The van der Waals surface area contributed by atoms with E-state index in [-0.39, 0.29) is 6.54 Å². The zero-order chi connectivity index (χ0) is 16.4. The summed E-state index contributed by atoms with van der Waals surface area (Å²) in [7, 11) is 0. The summed E-state index contributed by atoms with van der Waals surface area (Å²) in [5, 5.41) is 13.2. The number of aliphatic carboxylic acids is 1. The summed E-state index contributed by atoms with van der Waals surface area (Å²) in [6, 6.07) is 13.6. The van der Waals surface area contributed by atoms with Gasteiger partial charge in [-0.1, -0.05) is 12.1 Å². The van der Waals surface area contributed by atoms with Crippen LogP contribution in [0.15, 0.2) is 51.8 Å². The highest BCUT2D eigenvalue weighted by molar-refractivity contribution is 7.98. The third-order valence-electron chi connectivity index (χ3n) is 3.40. The van der Waals surface area contributed by atoms with Crippen molar-refractivity contribution < 1.29 is 14.3 Å². The van der Waals surface area contributed by atoms with Crippen LogP contribution in [-0.2, 0) is 11.3 Å². The molecular formula is C17H16N2O3S. The summed E-state index contributed by atoms with van der Waals surface area (Å²) in [6.07, 6.45) is 2.03. The molecule has 0 unspecified atom stereocenters. The van der Waals surface area contributed by atoms with Crippen molar-refractivity contribution in [3.05, 3.63) is 48.2 Å². The van der Waals surface area contributed by atoms with Crippen LogP contribution in [0.5, 0.6) is 0 Å². The first-order chi connectivity index (χ1) is 11.1. The summed E-state index contributed by atoms with van der Waals surface area (Å²) in [4.78, 5) is 12.1. The molecule has 0 aliphatic carbocycles. The fourth-order valence-corrected chi connectivity index (χ4v) is 2.86. The van der Waals surface area contributed by atoms with Gasteiger partial charge in [0.1, 0.15) is 18.0 Å². The fraction of sp³-hybridized carbons (Fsp3) is 0.176. The minimum atomic E-state index is -0.936. The normalized spacial score (nSPS) is 10.9. The highest BCUT2D eigenvalue weighted by atomic mass is 32.2. The highest BCUT2D eigenvalue weighted by Crippen LogP contribution is 2.30. The Kier molecular flexibility index (Phi) is 4.25. The standard InChI is InChI=1S/C17H16N2O3S/c1-11-8-14(19(18-11)10-17(20)21)16-7-6-15(22-16)12-4-3-5-13(9-12)23-2/h3-9H,10H2,1-2H3,(H,20,21). The van der Waals surface area contributed by atoms with Crippen LogP contribution in [0.1, 0.15) is 5.69 Å². The maximum absolute atomic E-state index is 11.0. The number of rotatable bonds is 5. The molecule has 0 aliphatic heterocycles. The van der Waals surface area contributed by atoms with E-state index >= 15 is 0 Å². The molecule has 3 rings (SSSR count). The lowest BCUT2D eigenvalue weighted by atomic mass is 10.2. The van der Waals surface area contributed by atoms with E-state index in [1.54, 1.807) is 11.8 Å². The van der Waals surface area contributed by atoms with Gasteiger partial charge in [-0.05, 0) is 43.5 Å². The molecule has 0 saturated carbocycles. The Labute approximate surface area is 137 Å². The lowest BCUT2D eigenvalue weighted by Crippen LogP contribution is -2.11. The van der Waals surface area contributed by atoms with Gasteiger partial charge in [-0.3, -0.25) is 9.48 Å². The van der Waals surface area contributed by atoms with Crippen LogP contribution in [0.3, 0.4) is 0 Å². The van der Waals surface area contributed by atoms with Crippen LogP contribution in [-0.4, -0.2) is 27.1 Å². The number of aromatic nitrogens is 2. The van der Waals surface area contributed by atoms with Crippen molar-refractivity contribution in [3.8, 4) is 22.8 Å². The molecule has 0 spiro atoms. The minimum absolute atomic E-state index is 0.193. The molecule has 0 saturated heterocycles. The maximum Gasteiger partial charge on any atom is 0.325 e. The van der Waals surface area contributed by atoms with E-state index in [1.165, 1.54) is 4.68 Å². The second kappa shape index (κ2) is 6.34. The van der Waals surface area contributed by atoms with Gasteiger partial charge in [0.25, 0.3) is 0 Å². The smallest absolute Gasteiger partial charge is 0.325 e. The summed E-state index contributed by atoms with van der Waals surface area (Å²) < 4.78 is 7.37. The Bertz CT molecular complexity index is 851. The summed E-state index contributed by atoms with van der Waals surface area (Å²) in [6.45, 7) is 1.63. The lowest BCUT2D eigenvalue weighted by Gasteiger charge is -2.03. The molecule has 6 heteroatoms. The lowest BCUT2D eigenvalue weighted by molar-refractivity contribution is -0.137. The van der Waals surface area contributed by atoms with Crippen LogP contribution >= 0.6 is 11.8 Å². The molecule has 0 atom stereocenters. The van der Waals surface area contributed by atoms with Crippen LogP contribution in [0.4, 0.5) is 0 Å². The van der Waals surface area contributed by atoms with Gasteiger partial charge in [0.2, 0.25) is 0 Å². The zero-order valence-electron chi connectivity index (χ0n) is 12.8. The molecule has 0 aliphatic rings. The van der Waals surface area contributed by atoms with Crippen molar-refractivity contribution in [2.45, 2.75) is 18.4 Å². The highest BCUT2D eigenvalue weighted by Gasteiger charge is 2.15. The average molecular weight is 328 g/mol. The average Bonchev–Trinajstić information content (AvgIpc) is 3.13. The van der Waals surface area contributed by atoms with E-state index in [2.05, 4.69) is 11.2 Å². The SMILES string of the molecule is CSc1cccc(-c2ccc(-c3cc(C)nn3CC(=O)O)o2)c1. The third-order valence-corrected chi connectivity index (χ3v) is 4.13. The Balaban J connectivity index is 1.97. The predicted octanol–water partition coefficient (Wildman–Crippen LogP) is 3.93. The molecule has 0 amide bonds. The number of hydrogen-bond acceptors (Lipinski definition) is 4. The van der Waals surface area contributed by atoms with Gasteiger partial charge in [0.15, 0.2) is 5.76 Å². The Hall–Kier alpha value is -2.47. The van der Waals surface area contributed by atoms with Crippen molar-refractivity contribution in [1.82, 2.24) is 9.78 Å². The van der Waals surface area contributed by atoms with E-state index in [9.17, 15) is 4.79 Å². The maximum atomic E-state index is 11.0. The van der Waals surface area contributed by atoms with Crippen LogP contribution in [0.2, 0.25) is 0 Å². The molecule has 3 aromatic rings. The number of benzene rings is 1. The predicted molar refractivity (Wildman–Crippen MR) is 89.5 cm³/mol. The van der Waals surface area contributed by atoms with Crippen LogP contribution < -0.4 is 0 Å². The van der Waals surface area contributed by atoms with Gasteiger partial charge in [0.05, 0.1) is 5.69 Å². The van der Waals surface area contributed by atoms with E-state index in [4.69, 9.17) is 9.52 Å². The van der Waals surface area contributed by atoms with E-state index in [1.807, 2.05) is 49.6 Å². The number of nitrogens with zero attached hydrogens (tertiary/aromatic N) is 2. The largest absolute Gasteiger partial charge is 0.480 e. The Morgan fingerprint density at radius 1 is 1.26 bits per heavy atom. The van der Waals surface area contributed by atoms with Crippen molar-refractivity contribution in [3.63, 3.8) is 0 Å². The van der Waals surface area contributed by atoms with E-state index in [0.29, 0.717) is 11.5 Å². The number of furan rings is 1. The number of aryl methyl sites for hydroxylation is 1. The first kappa shape index (κ1) is 15.4. The van der Waals surface area contributed by atoms with Crippen molar-refractivity contribution in [2.75, 3.05) is 6.26 Å². The van der Waals surface area contributed by atoms with Crippen molar-refractivity contribution >= 4 is 17.7 Å². The van der Waals surface area contributed by atoms with Gasteiger partial charge in [-0.15, -0.1) is 11.8 Å². The zero-order valence-corrected chi connectivity index (χ0v) is 13.6. The molecule has 23 heavy (non-hydrogen) atoms. The second-order valence-electron chi connectivity index (χ2n) is 5.12. The quantitative estimate of drug-likeness (QED) is 0.719. The Morgan fingerprint density at radius 3 is 2.78 bits per heavy atom. The van der Waals surface area contributed by atoms with Crippen LogP contribution in [0.25, 0.3) is 22.8 Å². The van der Waals surface area contributed by atoms with Gasteiger partial charge >= 0.3 is 5.97 Å². The van der Waals surface area contributed by atoms with Gasteiger partial charge in [-0.25, -0.2) is 0 Å². The second-order valence-corrected chi connectivity index (χ2v) is 6.00. The first-order valence-electron chi connectivity index (χ1n) is 7.07. The molecule has 0 radical (unpaired) electrons. The number of carboxylic acids is 1. The van der Waals surface area contributed by atoms with Gasteiger partial charge < -0.3 is 9.52 Å². The number of carbonyl (C=O) groups is 1. The summed E-state index contributed by atoms with van der Waals surface area (Å²) in [5.41, 5.74) is 2.41. The van der Waals surface area contributed by atoms with Gasteiger partial charge in [0, 0.05) is 10.5 Å². The molecule has 1 N–H and O–H groups in total. The van der Waals surface area contributed by atoms with E-state index < -0.39 is 5.97 Å². The number of hydrogen-bond donors (Lipinski definition) is 1. The Morgan fingerprint density at radius 2 is 2.04 bits per heavy atom. The van der Waals surface area contributed by atoms with Crippen LogP contribution in [0, 0.1) is 6.92 Å². The molecule has 5 nitrogen and oxygen atoms in total. The van der Waals surface area contributed by atoms with Crippen molar-refractivity contribution in [1.29, 1.82) is 0 Å². The third kappa shape index (κ3) is 3.32. The summed E-state index contributed by atoms with van der Waals surface area (Å²) in [5.74, 6) is 0.418. The topological polar surface area (TPSA) is 68.3 Å². The first-order valence-corrected chi connectivity index (χ1v) is 8.30. The fourth-order valence-electron chi connectivity index (χ4n) is 2.40. The molecule has 2 heterocycles. The van der Waals surface area contributed by atoms with Crippen molar-refractivity contribution in [2.24, 2.45) is 0 Å².